The molecule has 0 unspecified atom stereocenters. The van der Waals surface area contributed by atoms with Gasteiger partial charge in [-0.2, -0.15) is 0 Å². The van der Waals surface area contributed by atoms with E-state index < -0.39 is 5.97 Å². The van der Waals surface area contributed by atoms with E-state index in [0.717, 1.165) is 11.1 Å². The molecule has 0 aliphatic carbocycles. The minimum atomic E-state index is -1.36. The van der Waals surface area contributed by atoms with Gasteiger partial charge in [-0.3, -0.25) is 14.5 Å². The number of rotatable bonds is 7. The van der Waals surface area contributed by atoms with E-state index in [2.05, 4.69) is 5.32 Å². The number of thiocarbonyl (C=S) groups is 1. The second-order valence-corrected chi connectivity index (χ2v) is 8.40. The summed E-state index contributed by atoms with van der Waals surface area (Å²) < 4.78 is 0.459. The highest BCUT2D eigenvalue weighted by molar-refractivity contribution is 8.26. The number of aryl methyl sites for hydroxylation is 1. The maximum absolute atomic E-state index is 12.7. The lowest BCUT2D eigenvalue weighted by Crippen LogP contribution is -2.30. The largest absolute Gasteiger partial charge is 0.545 e. The van der Waals surface area contributed by atoms with Crippen molar-refractivity contribution in [2.24, 2.45) is 0 Å². The van der Waals surface area contributed by atoms with Crippen molar-refractivity contribution < 1.29 is 19.5 Å². The minimum absolute atomic E-state index is 0.0796. The van der Waals surface area contributed by atoms with Gasteiger partial charge in [-0.1, -0.05) is 72.0 Å². The molecule has 154 valence electrons. The number of hydrogen-bond donors (Lipinski definition) is 1. The van der Waals surface area contributed by atoms with Gasteiger partial charge in [-0.15, -0.1) is 0 Å². The summed E-state index contributed by atoms with van der Waals surface area (Å²) in [5.41, 5.74) is 2.17. The van der Waals surface area contributed by atoms with Gasteiger partial charge >= 0.3 is 0 Å². The van der Waals surface area contributed by atoms with Crippen molar-refractivity contribution in [1.29, 1.82) is 0 Å². The molecule has 1 aliphatic rings. The molecule has 1 N–H and O–H groups in total. The van der Waals surface area contributed by atoms with E-state index >= 15 is 0 Å². The van der Waals surface area contributed by atoms with Crippen LogP contribution in [0.3, 0.4) is 0 Å². The van der Waals surface area contributed by atoms with E-state index in [9.17, 15) is 19.5 Å². The molecule has 3 rings (SSSR count). The molecule has 6 nitrogen and oxygen atoms in total. The Morgan fingerprint density at radius 2 is 1.87 bits per heavy atom. The molecule has 0 radical (unpaired) electrons. The van der Waals surface area contributed by atoms with Gasteiger partial charge in [0, 0.05) is 24.2 Å². The van der Waals surface area contributed by atoms with Gasteiger partial charge in [0.15, 0.2) is 0 Å². The van der Waals surface area contributed by atoms with Gasteiger partial charge in [0.2, 0.25) is 5.91 Å². The zero-order chi connectivity index (χ0) is 21.7. The molecule has 0 atom stereocenters. The van der Waals surface area contributed by atoms with Crippen LogP contribution in [0.2, 0.25) is 0 Å². The highest BCUT2D eigenvalue weighted by Gasteiger charge is 2.31. The molecule has 1 aliphatic heterocycles. The van der Waals surface area contributed by atoms with Crippen molar-refractivity contribution in [3.05, 3.63) is 70.1 Å². The fourth-order valence-electron chi connectivity index (χ4n) is 2.89. The molecule has 0 saturated carbocycles. The molecule has 0 spiro atoms. The molecule has 0 bridgehead atoms. The molecule has 30 heavy (non-hydrogen) atoms. The summed E-state index contributed by atoms with van der Waals surface area (Å²) in [7, 11) is 0. The first-order chi connectivity index (χ1) is 14.3. The number of anilines is 1. The molecular weight excluding hydrogens is 420 g/mol. The summed E-state index contributed by atoms with van der Waals surface area (Å²) in [6.07, 6.45) is 2.32. The number of carboxylic acids is 1. The van der Waals surface area contributed by atoms with Crippen LogP contribution in [0.15, 0.2) is 53.4 Å². The summed E-state index contributed by atoms with van der Waals surface area (Å²) in [5, 5.41) is 13.7. The number of benzene rings is 2. The number of hydrogen-bond acceptors (Lipinski definition) is 6. The Bertz CT molecular complexity index is 1030. The maximum atomic E-state index is 12.7. The summed E-state index contributed by atoms with van der Waals surface area (Å²) in [6.45, 7) is 2.31. The van der Waals surface area contributed by atoms with Crippen molar-refractivity contribution in [1.82, 2.24) is 4.90 Å². The van der Waals surface area contributed by atoms with Crippen LogP contribution >= 0.6 is 24.0 Å². The van der Waals surface area contributed by atoms with Gasteiger partial charge in [0.1, 0.15) is 4.32 Å². The van der Waals surface area contributed by atoms with Gasteiger partial charge in [-0.25, -0.2) is 0 Å². The number of carbonyl (C=O) groups excluding carboxylic acids is 3. The Hall–Kier alpha value is -2.97. The predicted molar refractivity (Wildman–Crippen MR) is 120 cm³/mol. The second kappa shape index (κ2) is 9.69. The van der Waals surface area contributed by atoms with Crippen molar-refractivity contribution >= 4 is 57.8 Å². The van der Waals surface area contributed by atoms with Crippen LogP contribution in [0.1, 0.15) is 34.3 Å². The number of nitrogens with one attached hydrogen (secondary N) is 1. The van der Waals surface area contributed by atoms with Crippen molar-refractivity contribution in [2.45, 2.75) is 19.8 Å². The predicted octanol–water partition coefficient (Wildman–Crippen LogP) is 2.98. The van der Waals surface area contributed by atoms with Crippen LogP contribution < -0.4 is 10.4 Å². The van der Waals surface area contributed by atoms with Crippen LogP contribution in [0.4, 0.5) is 5.69 Å². The highest BCUT2D eigenvalue weighted by Crippen LogP contribution is 2.32. The van der Waals surface area contributed by atoms with Crippen LogP contribution in [-0.4, -0.2) is 33.5 Å². The fourth-order valence-corrected chi connectivity index (χ4v) is 4.20. The number of nitrogens with zero attached hydrogens (tertiary/aromatic N) is 1. The Kier molecular flexibility index (Phi) is 7.02. The third-order valence-electron chi connectivity index (χ3n) is 4.46. The monoisotopic (exact) mass is 439 g/mol. The lowest BCUT2D eigenvalue weighted by Gasteiger charge is -2.15. The van der Waals surface area contributed by atoms with E-state index in [4.69, 9.17) is 12.2 Å². The zero-order valence-electron chi connectivity index (χ0n) is 16.2. The molecule has 2 amide bonds. The second-order valence-electron chi connectivity index (χ2n) is 6.73. The first kappa shape index (κ1) is 21.7. The Morgan fingerprint density at radius 3 is 2.57 bits per heavy atom. The molecule has 1 saturated heterocycles. The number of para-hydroxylation sites is 1. The van der Waals surface area contributed by atoms with E-state index in [0.29, 0.717) is 22.2 Å². The van der Waals surface area contributed by atoms with E-state index in [1.807, 2.05) is 37.3 Å². The number of amides is 2. The zero-order valence-corrected chi connectivity index (χ0v) is 17.8. The Balaban J connectivity index is 1.55. The van der Waals surface area contributed by atoms with E-state index in [1.54, 1.807) is 12.1 Å². The van der Waals surface area contributed by atoms with E-state index in [-0.39, 0.29) is 29.5 Å². The first-order valence-corrected chi connectivity index (χ1v) is 10.5. The molecule has 8 heteroatoms. The number of thioether (sulfide) groups is 1. The smallest absolute Gasteiger partial charge is 0.266 e. The summed E-state index contributed by atoms with van der Waals surface area (Å²) in [5.74, 6) is -1.87. The maximum Gasteiger partial charge on any atom is 0.266 e. The summed E-state index contributed by atoms with van der Waals surface area (Å²) in [6, 6.07) is 13.9. The van der Waals surface area contributed by atoms with E-state index in [1.165, 1.54) is 28.8 Å². The lowest BCUT2D eigenvalue weighted by atomic mass is 10.1. The van der Waals surface area contributed by atoms with Gasteiger partial charge in [-0.05, 0) is 31.1 Å². The van der Waals surface area contributed by atoms with Crippen LogP contribution in [0.25, 0.3) is 6.08 Å². The van der Waals surface area contributed by atoms with Crippen LogP contribution in [-0.2, 0) is 9.59 Å². The summed E-state index contributed by atoms with van der Waals surface area (Å²) >= 11 is 6.56. The molecular formula is C22H19N2O4S2-. The van der Waals surface area contributed by atoms with Crippen molar-refractivity contribution in [3.63, 3.8) is 0 Å². The van der Waals surface area contributed by atoms with Crippen molar-refractivity contribution in [3.8, 4) is 0 Å². The fraction of sp³-hybridized carbons (Fsp3) is 0.182. The SMILES string of the molecule is Cc1ccc(/C=C2/SC(=S)N(CCCC(=O)Nc3ccccc3C(=O)[O-])C2=O)cc1. The molecule has 2 aromatic carbocycles. The third-order valence-corrected chi connectivity index (χ3v) is 5.83. The van der Waals surface area contributed by atoms with Crippen molar-refractivity contribution in [2.75, 3.05) is 11.9 Å². The third kappa shape index (κ3) is 5.34. The average molecular weight is 440 g/mol. The Morgan fingerprint density at radius 1 is 1.17 bits per heavy atom. The molecule has 1 fully saturated rings. The lowest BCUT2D eigenvalue weighted by molar-refractivity contribution is -0.254. The normalized spacial score (nSPS) is 15.0. The molecule has 2 aromatic rings. The molecule has 0 aromatic heterocycles. The van der Waals surface area contributed by atoms with Gasteiger partial charge in [0.25, 0.3) is 5.91 Å². The number of carboxylic acid groups (broad SMARTS) is 1. The van der Waals surface area contributed by atoms with Gasteiger partial charge < -0.3 is 15.2 Å². The number of aromatic carboxylic acids is 1. The average Bonchev–Trinajstić information content (AvgIpc) is 2.97. The standard InChI is InChI=1S/C22H20N2O4S2/c1-14-8-10-15(11-9-14)13-18-20(26)24(22(29)30-18)12-4-7-19(25)23-17-6-3-2-5-16(17)21(27)28/h2-3,5-6,8-11,13H,4,7,12H2,1H3,(H,23,25)(H,27,28)/p-1/b18-13+. The van der Waals surface area contributed by atoms with Gasteiger partial charge in [0.05, 0.1) is 10.9 Å². The quantitative estimate of drug-likeness (QED) is 0.527. The topological polar surface area (TPSA) is 89.5 Å². The number of carbonyl (C=O) groups is 3. The first-order valence-electron chi connectivity index (χ1n) is 9.27. The molecule has 1 heterocycles. The van der Waals surface area contributed by atoms with Crippen LogP contribution in [0, 0.1) is 6.92 Å². The summed E-state index contributed by atoms with van der Waals surface area (Å²) in [4.78, 5) is 38.0. The van der Waals surface area contributed by atoms with Crippen LogP contribution in [0.5, 0.6) is 0 Å². The Labute approximate surface area is 184 Å². The highest BCUT2D eigenvalue weighted by atomic mass is 32.2. The minimum Gasteiger partial charge on any atom is -0.545 e.